The molecule has 0 saturated carbocycles. The molecule has 2 heterocycles. The summed E-state index contributed by atoms with van der Waals surface area (Å²) in [4.78, 5) is 26.4. The van der Waals surface area contributed by atoms with Crippen LogP contribution >= 0.6 is 0 Å². The molecular weight excluding hydrogens is 318 g/mol. The van der Waals surface area contributed by atoms with E-state index in [9.17, 15) is 9.59 Å². The summed E-state index contributed by atoms with van der Waals surface area (Å²) in [5.41, 5.74) is 0.865. The van der Waals surface area contributed by atoms with Gasteiger partial charge in [0.25, 0.3) is 0 Å². The quantitative estimate of drug-likeness (QED) is 0.786. The minimum Gasteiger partial charge on any atom is -0.338 e. The van der Waals surface area contributed by atoms with E-state index in [4.69, 9.17) is 0 Å². The molecular formula is C18H23N5O2. The summed E-state index contributed by atoms with van der Waals surface area (Å²) in [6.45, 7) is 3.27. The molecule has 0 bridgehead atoms. The predicted octanol–water partition coefficient (Wildman–Crippen LogP) is 1.77. The highest BCUT2D eigenvalue weighted by Crippen LogP contribution is 2.26. The summed E-state index contributed by atoms with van der Waals surface area (Å²) in [6.07, 6.45) is 5.00. The van der Waals surface area contributed by atoms with Crippen molar-refractivity contribution in [3.8, 4) is 0 Å². The molecule has 2 N–H and O–H groups in total. The molecule has 0 radical (unpaired) electrons. The lowest BCUT2D eigenvalue weighted by molar-refractivity contribution is -0.118. The Morgan fingerprint density at radius 2 is 2.08 bits per heavy atom. The Morgan fingerprint density at radius 3 is 2.80 bits per heavy atom. The number of benzene rings is 1. The van der Waals surface area contributed by atoms with Crippen LogP contribution in [0.1, 0.15) is 19.8 Å². The maximum atomic E-state index is 12.6. The van der Waals surface area contributed by atoms with Gasteiger partial charge in [-0.3, -0.25) is 9.48 Å². The van der Waals surface area contributed by atoms with Crippen LogP contribution in [0.2, 0.25) is 0 Å². The molecule has 1 aliphatic heterocycles. The second-order valence-electron chi connectivity index (χ2n) is 6.20. The van der Waals surface area contributed by atoms with Crippen molar-refractivity contribution in [2.45, 2.75) is 38.4 Å². The molecule has 0 spiro atoms. The number of nitrogens with zero attached hydrogens (tertiary/aromatic N) is 3. The van der Waals surface area contributed by atoms with Crippen molar-refractivity contribution in [1.29, 1.82) is 0 Å². The van der Waals surface area contributed by atoms with Gasteiger partial charge in [0.1, 0.15) is 6.04 Å². The maximum Gasteiger partial charge on any atom is 0.315 e. The molecule has 132 valence electrons. The van der Waals surface area contributed by atoms with Gasteiger partial charge in [0, 0.05) is 37.2 Å². The van der Waals surface area contributed by atoms with E-state index in [2.05, 4.69) is 15.7 Å². The Labute approximate surface area is 147 Å². The van der Waals surface area contributed by atoms with Crippen molar-refractivity contribution >= 4 is 17.6 Å². The van der Waals surface area contributed by atoms with Crippen molar-refractivity contribution < 1.29 is 9.59 Å². The van der Waals surface area contributed by atoms with Gasteiger partial charge in [0.2, 0.25) is 5.91 Å². The summed E-state index contributed by atoms with van der Waals surface area (Å²) >= 11 is 0. The number of urea groups is 1. The number of para-hydroxylation sites is 1. The van der Waals surface area contributed by atoms with Crippen molar-refractivity contribution in [3.05, 3.63) is 48.8 Å². The summed E-state index contributed by atoms with van der Waals surface area (Å²) < 4.78 is 1.82. The van der Waals surface area contributed by atoms with Crippen LogP contribution in [0.5, 0.6) is 0 Å². The Kier molecular flexibility index (Phi) is 5.33. The van der Waals surface area contributed by atoms with Gasteiger partial charge >= 0.3 is 6.03 Å². The van der Waals surface area contributed by atoms with E-state index in [-0.39, 0.29) is 18.0 Å². The highest BCUT2D eigenvalue weighted by Gasteiger charge is 2.38. The molecule has 1 saturated heterocycles. The third-order valence-corrected chi connectivity index (χ3v) is 4.30. The third-order valence-electron chi connectivity index (χ3n) is 4.30. The van der Waals surface area contributed by atoms with Crippen LogP contribution < -0.4 is 15.5 Å². The fourth-order valence-corrected chi connectivity index (χ4v) is 3.11. The zero-order chi connectivity index (χ0) is 17.6. The summed E-state index contributed by atoms with van der Waals surface area (Å²) in [7, 11) is 0. The van der Waals surface area contributed by atoms with Gasteiger partial charge in [-0.1, -0.05) is 18.2 Å². The van der Waals surface area contributed by atoms with Crippen LogP contribution in [0.4, 0.5) is 10.5 Å². The number of hydrogen-bond donors (Lipinski definition) is 2. The summed E-state index contributed by atoms with van der Waals surface area (Å²) in [6, 6.07) is 10.7. The standard InChI is InChI=1S/C18H23N5O2/c1-14-13-16(17(24)23(14)15-7-3-2-4-8-15)21-18(25)19-9-5-11-22-12-6-10-20-22/h2-4,6-8,10,12,14,16H,5,9,11,13H2,1H3,(H2,19,21,25). The minimum absolute atomic E-state index is 0.0556. The van der Waals surface area contributed by atoms with E-state index < -0.39 is 6.04 Å². The number of hydrogen-bond acceptors (Lipinski definition) is 3. The first kappa shape index (κ1) is 17.0. The molecule has 1 aromatic carbocycles. The highest BCUT2D eigenvalue weighted by molar-refractivity contribution is 6.01. The summed E-state index contributed by atoms with van der Waals surface area (Å²) in [5.74, 6) is -0.0645. The van der Waals surface area contributed by atoms with Crippen molar-refractivity contribution in [2.75, 3.05) is 11.4 Å². The second kappa shape index (κ2) is 7.83. The topological polar surface area (TPSA) is 79.3 Å². The van der Waals surface area contributed by atoms with Crippen molar-refractivity contribution in [1.82, 2.24) is 20.4 Å². The van der Waals surface area contributed by atoms with E-state index in [0.29, 0.717) is 13.0 Å². The second-order valence-corrected chi connectivity index (χ2v) is 6.20. The number of aryl methyl sites for hydroxylation is 1. The molecule has 1 aromatic heterocycles. The average molecular weight is 341 g/mol. The van der Waals surface area contributed by atoms with Crippen molar-refractivity contribution in [3.63, 3.8) is 0 Å². The van der Waals surface area contributed by atoms with Crippen LogP contribution in [0.25, 0.3) is 0 Å². The van der Waals surface area contributed by atoms with Gasteiger partial charge in [-0.05, 0) is 38.0 Å². The fourth-order valence-electron chi connectivity index (χ4n) is 3.11. The van der Waals surface area contributed by atoms with Crippen LogP contribution in [0.15, 0.2) is 48.8 Å². The van der Waals surface area contributed by atoms with Gasteiger partial charge in [-0.2, -0.15) is 5.10 Å². The number of aromatic nitrogens is 2. The predicted molar refractivity (Wildman–Crippen MR) is 95.2 cm³/mol. The lowest BCUT2D eigenvalue weighted by Gasteiger charge is -2.21. The van der Waals surface area contributed by atoms with Crippen molar-refractivity contribution in [2.24, 2.45) is 0 Å². The molecule has 7 nitrogen and oxygen atoms in total. The molecule has 2 atom stereocenters. The van der Waals surface area contributed by atoms with Gasteiger partial charge < -0.3 is 15.5 Å². The molecule has 2 unspecified atom stereocenters. The van der Waals surface area contributed by atoms with Gasteiger partial charge in [0.05, 0.1) is 0 Å². The van der Waals surface area contributed by atoms with E-state index in [0.717, 1.165) is 18.7 Å². The van der Waals surface area contributed by atoms with Crippen LogP contribution in [0.3, 0.4) is 0 Å². The van der Waals surface area contributed by atoms with E-state index in [1.54, 1.807) is 11.1 Å². The lowest BCUT2D eigenvalue weighted by Crippen LogP contribution is -2.46. The Bertz CT molecular complexity index is 702. The largest absolute Gasteiger partial charge is 0.338 e. The third kappa shape index (κ3) is 4.17. The molecule has 7 heteroatoms. The molecule has 1 aliphatic rings. The van der Waals surface area contributed by atoms with Gasteiger partial charge in [-0.25, -0.2) is 4.79 Å². The normalized spacial score (nSPS) is 19.9. The van der Waals surface area contributed by atoms with E-state index in [1.165, 1.54) is 0 Å². The number of amides is 3. The molecule has 3 amide bonds. The molecule has 1 fully saturated rings. The Morgan fingerprint density at radius 1 is 1.28 bits per heavy atom. The van der Waals surface area contributed by atoms with E-state index >= 15 is 0 Å². The molecule has 2 aromatic rings. The highest BCUT2D eigenvalue weighted by atomic mass is 16.2. The van der Waals surface area contributed by atoms with Gasteiger partial charge in [0.15, 0.2) is 0 Å². The number of anilines is 1. The zero-order valence-electron chi connectivity index (χ0n) is 14.3. The van der Waals surface area contributed by atoms with Crippen LogP contribution in [-0.4, -0.2) is 40.3 Å². The molecule has 25 heavy (non-hydrogen) atoms. The van der Waals surface area contributed by atoms with Crippen LogP contribution in [-0.2, 0) is 11.3 Å². The first-order chi connectivity index (χ1) is 12.1. The average Bonchev–Trinajstić information content (AvgIpc) is 3.21. The first-order valence-corrected chi connectivity index (χ1v) is 8.55. The molecule has 3 rings (SSSR count). The maximum absolute atomic E-state index is 12.6. The minimum atomic E-state index is -0.485. The number of rotatable bonds is 6. The summed E-state index contributed by atoms with van der Waals surface area (Å²) in [5, 5.41) is 9.70. The zero-order valence-corrected chi connectivity index (χ0v) is 14.3. The SMILES string of the molecule is CC1CC(NC(=O)NCCCn2cccn2)C(=O)N1c1ccccc1. The fraction of sp³-hybridized carbons (Fsp3) is 0.389. The Hall–Kier alpha value is -2.83. The number of nitrogens with one attached hydrogen (secondary N) is 2. The first-order valence-electron chi connectivity index (χ1n) is 8.55. The van der Waals surface area contributed by atoms with E-state index in [1.807, 2.05) is 54.2 Å². The monoisotopic (exact) mass is 341 g/mol. The Balaban J connectivity index is 1.46. The number of carbonyl (C=O) groups excluding carboxylic acids is 2. The number of carbonyl (C=O) groups is 2. The van der Waals surface area contributed by atoms with Crippen LogP contribution in [0, 0.1) is 0 Å². The smallest absolute Gasteiger partial charge is 0.315 e. The van der Waals surface area contributed by atoms with Gasteiger partial charge in [-0.15, -0.1) is 0 Å². The molecule has 0 aliphatic carbocycles. The lowest BCUT2D eigenvalue weighted by atomic mass is 10.2.